The number of anilines is 1. The quantitative estimate of drug-likeness (QED) is 0.799. The summed E-state index contributed by atoms with van der Waals surface area (Å²) in [5, 5.41) is 8.04. The van der Waals surface area contributed by atoms with Crippen molar-refractivity contribution < 1.29 is 0 Å². The van der Waals surface area contributed by atoms with Gasteiger partial charge in [-0.15, -0.1) is 0 Å². The van der Waals surface area contributed by atoms with E-state index in [0.717, 1.165) is 35.0 Å². The number of fused-ring (bicyclic) bond motifs is 1. The summed E-state index contributed by atoms with van der Waals surface area (Å²) in [6.07, 6.45) is 5.61. The van der Waals surface area contributed by atoms with Crippen LogP contribution in [-0.2, 0) is 0 Å². The Morgan fingerprint density at radius 2 is 2.10 bits per heavy atom. The molecule has 0 aromatic carbocycles. The number of hydrogen-bond acceptors (Lipinski definition) is 4. The van der Waals surface area contributed by atoms with Crippen molar-refractivity contribution in [2.45, 2.75) is 33.7 Å². The first-order valence-corrected chi connectivity index (χ1v) is 7.11. The zero-order valence-electron chi connectivity index (χ0n) is 12.8. The third kappa shape index (κ3) is 2.49. The molecule has 0 aliphatic carbocycles. The molecule has 3 heterocycles. The molecule has 0 spiro atoms. The Morgan fingerprint density at radius 1 is 1.29 bits per heavy atom. The van der Waals surface area contributed by atoms with Gasteiger partial charge in [0.2, 0.25) is 0 Å². The summed E-state index contributed by atoms with van der Waals surface area (Å²) in [6.45, 7) is 9.03. The highest BCUT2D eigenvalue weighted by molar-refractivity contribution is 5.55. The Balaban J connectivity index is 1.88. The van der Waals surface area contributed by atoms with Gasteiger partial charge in [-0.25, -0.2) is 9.97 Å². The Morgan fingerprint density at radius 3 is 2.81 bits per heavy atom. The molecule has 1 atom stereocenters. The molecule has 3 aromatic rings. The summed E-state index contributed by atoms with van der Waals surface area (Å²) in [4.78, 5) is 8.66. The second kappa shape index (κ2) is 5.20. The standard InChI is InChI=1S/C15H20N6/c1-10-7-14(17-8-11(2)20-6-5-16-9-20)21-15(18-10)12(3)13(4)19-21/h5-7,9,11,17H,8H2,1-4H3/t11-/m1/s1. The maximum Gasteiger partial charge on any atom is 0.160 e. The lowest BCUT2D eigenvalue weighted by atomic mass is 10.3. The highest BCUT2D eigenvalue weighted by Gasteiger charge is 2.11. The Hall–Kier alpha value is -2.37. The van der Waals surface area contributed by atoms with Crippen molar-refractivity contribution in [1.29, 1.82) is 0 Å². The molecule has 0 saturated carbocycles. The average molecular weight is 284 g/mol. The smallest absolute Gasteiger partial charge is 0.160 e. The minimum Gasteiger partial charge on any atom is -0.368 e. The molecule has 0 radical (unpaired) electrons. The van der Waals surface area contributed by atoms with Crippen LogP contribution in [0.15, 0.2) is 24.8 Å². The monoisotopic (exact) mass is 284 g/mol. The SMILES string of the molecule is Cc1cc(NC[C@@H](C)n2ccnc2)n2nc(C)c(C)c2n1. The second-order valence-corrected chi connectivity index (χ2v) is 5.47. The summed E-state index contributed by atoms with van der Waals surface area (Å²) in [6, 6.07) is 2.34. The minimum absolute atomic E-state index is 0.314. The van der Waals surface area contributed by atoms with E-state index < -0.39 is 0 Å². The topological polar surface area (TPSA) is 60.0 Å². The zero-order valence-corrected chi connectivity index (χ0v) is 12.8. The van der Waals surface area contributed by atoms with Crippen LogP contribution in [0.25, 0.3) is 5.65 Å². The van der Waals surface area contributed by atoms with E-state index in [2.05, 4.69) is 38.8 Å². The van der Waals surface area contributed by atoms with Crippen LogP contribution < -0.4 is 5.32 Å². The van der Waals surface area contributed by atoms with E-state index >= 15 is 0 Å². The molecule has 6 heteroatoms. The van der Waals surface area contributed by atoms with Crippen LogP contribution in [0.4, 0.5) is 5.82 Å². The molecule has 3 aromatic heterocycles. The number of nitrogens with one attached hydrogen (secondary N) is 1. The number of hydrogen-bond donors (Lipinski definition) is 1. The minimum atomic E-state index is 0.314. The summed E-state index contributed by atoms with van der Waals surface area (Å²) in [7, 11) is 0. The van der Waals surface area contributed by atoms with E-state index in [9.17, 15) is 0 Å². The van der Waals surface area contributed by atoms with Crippen LogP contribution >= 0.6 is 0 Å². The van der Waals surface area contributed by atoms with Crippen molar-refractivity contribution in [3.63, 3.8) is 0 Å². The molecule has 3 rings (SSSR count). The first-order valence-electron chi connectivity index (χ1n) is 7.11. The maximum atomic E-state index is 4.58. The van der Waals surface area contributed by atoms with E-state index in [4.69, 9.17) is 0 Å². The van der Waals surface area contributed by atoms with E-state index in [0.29, 0.717) is 6.04 Å². The van der Waals surface area contributed by atoms with Gasteiger partial charge in [-0.2, -0.15) is 9.61 Å². The third-order valence-electron chi connectivity index (χ3n) is 3.80. The molecule has 0 aliphatic rings. The van der Waals surface area contributed by atoms with Crippen LogP contribution in [0.2, 0.25) is 0 Å². The number of nitrogens with zero attached hydrogens (tertiary/aromatic N) is 5. The van der Waals surface area contributed by atoms with Crippen molar-refractivity contribution in [3.8, 4) is 0 Å². The van der Waals surface area contributed by atoms with Gasteiger partial charge in [-0.05, 0) is 27.7 Å². The largest absolute Gasteiger partial charge is 0.368 e. The van der Waals surface area contributed by atoms with Gasteiger partial charge in [-0.3, -0.25) is 0 Å². The Kier molecular flexibility index (Phi) is 3.37. The summed E-state index contributed by atoms with van der Waals surface area (Å²) < 4.78 is 3.97. The van der Waals surface area contributed by atoms with Gasteiger partial charge >= 0.3 is 0 Å². The third-order valence-corrected chi connectivity index (χ3v) is 3.80. The highest BCUT2D eigenvalue weighted by atomic mass is 15.3. The lowest BCUT2D eigenvalue weighted by Gasteiger charge is -2.15. The van der Waals surface area contributed by atoms with Crippen LogP contribution in [-0.4, -0.2) is 30.7 Å². The van der Waals surface area contributed by atoms with Crippen LogP contribution in [0.5, 0.6) is 0 Å². The summed E-state index contributed by atoms with van der Waals surface area (Å²) in [5.41, 5.74) is 4.05. The van der Waals surface area contributed by atoms with Crippen LogP contribution in [0, 0.1) is 20.8 Å². The van der Waals surface area contributed by atoms with Crippen molar-refractivity contribution in [2.75, 3.05) is 11.9 Å². The van der Waals surface area contributed by atoms with Gasteiger partial charge in [0, 0.05) is 42.3 Å². The molecular weight excluding hydrogens is 264 g/mol. The van der Waals surface area contributed by atoms with E-state index in [-0.39, 0.29) is 0 Å². The molecule has 110 valence electrons. The first kappa shape index (κ1) is 13.6. The molecule has 6 nitrogen and oxygen atoms in total. The summed E-state index contributed by atoms with van der Waals surface area (Å²) >= 11 is 0. The Labute approximate surface area is 123 Å². The van der Waals surface area contributed by atoms with E-state index in [1.807, 2.05) is 37.0 Å². The number of aryl methyl sites for hydroxylation is 3. The van der Waals surface area contributed by atoms with Crippen molar-refractivity contribution in [2.24, 2.45) is 0 Å². The zero-order chi connectivity index (χ0) is 15.0. The van der Waals surface area contributed by atoms with Gasteiger partial charge in [0.15, 0.2) is 5.65 Å². The van der Waals surface area contributed by atoms with Gasteiger partial charge in [0.05, 0.1) is 12.0 Å². The van der Waals surface area contributed by atoms with Crippen LogP contribution in [0.3, 0.4) is 0 Å². The molecule has 1 N–H and O–H groups in total. The fourth-order valence-corrected chi connectivity index (χ4v) is 2.36. The molecule has 0 unspecified atom stereocenters. The number of aromatic nitrogens is 5. The molecule has 0 bridgehead atoms. The van der Waals surface area contributed by atoms with Gasteiger partial charge < -0.3 is 9.88 Å². The first-order chi connectivity index (χ1) is 10.1. The fraction of sp³-hybridized carbons (Fsp3) is 0.400. The Bertz CT molecular complexity index is 756. The second-order valence-electron chi connectivity index (χ2n) is 5.47. The molecule has 0 aliphatic heterocycles. The maximum absolute atomic E-state index is 4.58. The summed E-state index contributed by atoms with van der Waals surface area (Å²) in [5.74, 6) is 0.973. The molecule has 0 amide bonds. The predicted molar refractivity (Wildman–Crippen MR) is 82.6 cm³/mol. The number of imidazole rings is 1. The predicted octanol–water partition coefficient (Wildman–Crippen LogP) is 2.52. The molecular formula is C15H20N6. The number of rotatable bonds is 4. The van der Waals surface area contributed by atoms with Gasteiger partial charge in [-0.1, -0.05) is 0 Å². The normalized spacial score (nSPS) is 12.8. The average Bonchev–Trinajstić information content (AvgIpc) is 3.07. The van der Waals surface area contributed by atoms with Gasteiger partial charge in [0.25, 0.3) is 0 Å². The van der Waals surface area contributed by atoms with Crippen molar-refractivity contribution >= 4 is 11.5 Å². The van der Waals surface area contributed by atoms with Crippen molar-refractivity contribution in [1.82, 2.24) is 24.1 Å². The molecule has 21 heavy (non-hydrogen) atoms. The van der Waals surface area contributed by atoms with Gasteiger partial charge in [0.1, 0.15) is 5.82 Å². The lowest BCUT2D eigenvalue weighted by Crippen LogP contribution is -2.17. The van der Waals surface area contributed by atoms with Crippen LogP contribution in [0.1, 0.15) is 29.9 Å². The fourth-order valence-electron chi connectivity index (χ4n) is 2.36. The lowest BCUT2D eigenvalue weighted by molar-refractivity contribution is 0.571. The van der Waals surface area contributed by atoms with E-state index in [1.54, 1.807) is 6.20 Å². The van der Waals surface area contributed by atoms with Crippen molar-refractivity contribution in [3.05, 3.63) is 41.7 Å². The molecule has 0 saturated heterocycles. The molecule has 0 fully saturated rings. The highest BCUT2D eigenvalue weighted by Crippen LogP contribution is 2.18. The van der Waals surface area contributed by atoms with E-state index in [1.165, 1.54) is 0 Å².